The SMILES string of the molecule is CC(=O)N(Cc1ccc(F)cc1)C(C)C(=O)NCCC(C)C. The van der Waals surface area contributed by atoms with Crippen molar-refractivity contribution in [3.05, 3.63) is 35.6 Å². The van der Waals surface area contributed by atoms with Crippen LogP contribution in [-0.2, 0) is 16.1 Å². The van der Waals surface area contributed by atoms with E-state index < -0.39 is 6.04 Å². The molecule has 0 aromatic heterocycles. The Bertz CT molecular complexity index is 500. The highest BCUT2D eigenvalue weighted by Gasteiger charge is 2.23. The van der Waals surface area contributed by atoms with Gasteiger partial charge >= 0.3 is 0 Å². The summed E-state index contributed by atoms with van der Waals surface area (Å²) in [6, 6.07) is 5.38. The fourth-order valence-corrected chi connectivity index (χ4v) is 2.08. The minimum absolute atomic E-state index is 0.169. The van der Waals surface area contributed by atoms with Gasteiger partial charge in [-0.05, 0) is 37.0 Å². The average Bonchev–Trinajstić information content (AvgIpc) is 2.45. The molecule has 0 aliphatic rings. The molecule has 0 spiro atoms. The molecular formula is C17H25FN2O2. The third kappa shape index (κ3) is 5.84. The van der Waals surface area contributed by atoms with Gasteiger partial charge in [0.1, 0.15) is 11.9 Å². The van der Waals surface area contributed by atoms with E-state index in [9.17, 15) is 14.0 Å². The molecular weight excluding hydrogens is 283 g/mol. The first kappa shape index (κ1) is 18.1. The molecule has 0 heterocycles. The second-order valence-electron chi connectivity index (χ2n) is 5.92. The number of hydrogen-bond donors (Lipinski definition) is 1. The molecule has 0 saturated heterocycles. The quantitative estimate of drug-likeness (QED) is 0.842. The molecule has 1 aromatic carbocycles. The van der Waals surface area contributed by atoms with Crippen molar-refractivity contribution in [2.75, 3.05) is 6.54 Å². The molecule has 0 saturated carbocycles. The molecule has 1 unspecified atom stereocenters. The molecule has 0 fully saturated rings. The topological polar surface area (TPSA) is 49.4 Å². The van der Waals surface area contributed by atoms with Crippen LogP contribution < -0.4 is 5.32 Å². The number of hydrogen-bond acceptors (Lipinski definition) is 2. The van der Waals surface area contributed by atoms with Gasteiger partial charge in [0.05, 0.1) is 0 Å². The summed E-state index contributed by atoms with van der Waals surface area (Å²) in [6.45, 7) is 8.20. The van der Waals surface area contributed by atoms with Crippen molar-refractivity contribution in [3.63, 3.8) is 0 Å². The third-order valence-corrected chi connectivity index (χ3v) is 3.54. The van der Waals surface area contributed by atoms with E-state index in [4.69, 9.17) is 0 Å². The number of carbonyl (C=O) groups excluding carboxylic acids is 2. The Morgan fingerprint density at radius 2 is 1.77 bits per heavy atom. The zero-order valence-electron chi connectivity index (χ0n) is 13.7. The first-order valence-electron chi connectivity index (χ1n) is 7.60. The lowest BCUT2D eigenvalue weighted by molar-refractivity contribution is -0.139. The van der Waals surface area contributed by atoms with E-state index in [0.29, 0.717) is 12.5 Å². The highest BCUT2D eigenvalue weighted by molar-refractivity contribution is 5.86. The molecule has 0 radical (unpaired) electrons. The number of halogens is 1. The van der Waals surface area contributed by atoms with E-state index in [0.717, 1.165) is 12.0 Å². The fraction of sp³-hybridized carbons (Fsp3) is 0.529. The van der Waals surface area contributed by atoms with Crippen LogP contribution in [0.4, 0.5) is 4.39 Å². The van der Waals surface area contributed by atoms with Crippen molar-refractivity contribution in [2.45, 2.75) is 46.7 Å². The van der Waals surface area contributed by atoms with Gasteiger partial charge in [-0.2, -0.15) is 0 Å². The minimum atomic E-state index is -0.560. The zero-order valence-corrected chi connectivity index (χ0v) is 13.7. The Hall–Kier alpha value is -1.91. The lowest BCUT2D eigenvalue weighted by atomic mass is 10.1. The molecule has 0 aliphatic heterocycles. The van der Waals surface area contributed by atoms with Gasteiger partial charge in [-0.1, -0.05) is 26.0 Å². The monoisotopic (exact) mass is 308 g/mol. The minimum Gasteiger partial charge on any atom is -0.354 e. The van der Waals surface area contributed by atoms with Gasteiger partial charge in [0.2, 0.25) is 11.8 Å². The fourth-order valence-electron chi connectivity index (χ4n) is 2.08. The first-order valence-corrected chi connectivity index (χ1v) is 7.60. The Balaban J connectivity index is 2.67. The zero-order chi connectivity index (χ0) is 16.7. The summed E-state index contributed by atoms with van der Waals surface area (Å²) in [5, 5.41) is 2.85. The maximum absolute atomic E-state index is 12.9. The summed E-state index contributed by atoms with van der Waals surface area (Å²) in [4.78, 5) is 25.4. The van der Waals surface area contributed by atoms with Crippen LogP contribution in [0.1, 0.15) is 39.7 Å². The van der Waals surface area contributed by atoms with Gasteiger partial charge < -0.3 is 10.2 Å². The number of amides is 2. The molecule has 4 nitrogen and oxygen atoms in total. The highest BCUT2D eigenvalue weighted by Crippen LogP contribution is 2.10. The van der Waals surface area contributed by atoms with Crippen molar-refractivity contribution >= 4 is 11.8 Å². The molecule has 22 heavy (non-hydrogen) atoms. The van der Waals surface area contributed by atoms with Crippen LogP contribution in [0.3, 0.4) is 0 Å². The Morgan fingerprint density at radius 1 is 1.18 bits per heavy atom. The summed E-state index contributed by atoms with van der Waals surface area (Å²) in [7, 11) is 0. The predicted molar refractivity (Wildman–Crippen MR) is 84.6 cm³/mol. The summed E-state index contributed by atoms with van der Waals surface area (Å²) < 4.78 is 12.9. The van der Waals surface area contributed by atoms with Crippen LogP contribution in [0.25, 0.3) is 0 Å². The summed E-state index contributed by atoms with van der Waals surface area (Å²) >= 11 is 0. The van der Waals surface area contributed by atoms with E-state index in [1.54, 1.807) is 19.1 Å². The van der Waals surface area contributed by atoms with Crippen LogP contribution in [0.5, 0.6) is 0 Å². The average molecular weight is 308 g/mol. The maximum Gasteiger partial charge on any atom is 0.242 e. The van der Waals surface area contributed by atoms with Gasteiger partial charge in [-0.25, -0.2) is 4.39 Å². The van der Waals surface area contributed by atoms with E-state index in [-0.39, 0.29) is 24.2 Å². The highest BCUT2D eigenvalue weighted by atomic mass is 19.1. The number of carbonyl (C=O) groups is 2. The van der Waals surface area contributed by atoms with E-state index in [1.807, 2.05) is 0 Å². The number of rotatable bonds is 7. The summed E-state index contributed by atoms with van der Waals surface area (Å²) in [6.07, 6.45) is 0.899. The third-order valence-electron chi connectivity index (χ3n) is 3.54. The largest absolute Gasteiger partial charge is 0.354 e. The normalized spacial score (nSPS) is 12.1. The standard InChI is InChI=1S/C17H25FN2O2/c1-12(2)9-10-19-17(22)13(3)20(14(4)21)11-15-5-7-16(18)8-6-15/h5-8,12-13H,9-11H2,1-4H3,(H,19,22). The van der Waals surface area contributed by atoms with Crippen molar-refractivity contribution < 1.29 is 14.0 Å². The molecule has 1 atom stereocenters. The number of nitrogens with one attached hydrogen (secondary N) is 1. The smallest absolute Gasteiger partial charge is 0.242 e. The molecule has 122 valence electrons. The molecule has 1 rings (SSSR count). The van der Waals surface area contributed by atoms with Gasteiger partial charge in [-0.3, -0.25) is 9.59 Å². The van der Waals surface area contributed by atoms with Crippen LogP contribution in [0.2, 0.25) is 0 Å². The molecule has 1 N–H and O–H groups in total. The van der Waals surface area contributed by atoms with Crippen molar-refractivity contribution in [2.24, 2.45) is 5.92 Å². The van der Waals surface area contributed by atoms with Crippen molar-refractivity contribution in [3.8, 4) is 0 Å². The summed E-state index contributed by atoms with van der Waals surface area (Å²) in [5.74, 6) is -0.162. The molecule has 1 aromatic rings. The van der Waals surface area contributed by atoms with Gasteiger partial charge in [-0.15, -0.1) is 0 Å². The van der Waals surface area contributed by atoms with Gasteiger partial charge in [0, 0.05) is 20.0 Å². The van der Waals surface area contributed by atoms with Crippen LogP contribution in [0, 0.1) is 11.7 Å². The lowest BCUT2D eigenvalue weighted by Gasteiger charge is -2.27. The van der Waals surface area contributed by atoms with E-state index in [1.165, 1.54) is 24.0 Å². The predicted octanol–water partition coefficient (Wildman–Crippen LogP) is 2.73. The van der Waals surface area contributed by atoms with Gasteiger partial charge in [0.15, 0.2) is 0 Å². The molecule has 0 bridgehead atoms. The lowest BCUT2D eigenvalue weighted by Crippen LogP contribution is -2.47. The molecule has 2 amide bonds. The Labute approximate surface area is 131 Å². The van der Waals surface area contributed by atoms with Crippen LogP contribution in [0.15, 0.2) is 24.3 Å². The number of nitrogens with zero attached hydrogens (tertiary/aromatic N) is 1. The Kier molecular flexibility index (Phi) is 7.02. The van der Waals surface area contributed by atoms with Crippen molar-refractivity contribution in [1.29, 1.82) is 0 Å². The van der Waals surface area contributed by atoms with Crippen LogP contribution >= 0.6 is 0 Å². The first-order chi connectivity index (χ1) is 10.3. The molecule has 5 heteroatoms. The van der Waals surface area contributed by atoms with E-state index >= 15 is 0 Å². The van der Waals surface area contributed by atoms with Crippen LogP contribution in [-0.4, -0.2) is 29.3 Å². The second kappa shape index (κ2) is 8.51. The van der Waals surface area contributed by atoms with E-state index in [2.05, 4.69) is 19.2 Å². The van der Waals surface area contributed by atoms with Gasteiger partial charge in [0.25, 0.3) is 0 Å². The van der Waals surface area contributed by atoms with Crippen molar-refractivity contribution in [1.82, 2.24) is 10.2 Å². The maximum atomic E-state index is 12.9. The number of benzene rings is 1. The Morgan fingerprint density at radius 3 is 2.27 bits per heavy atom. The summed E-state index contributed by atoms with van der Waals surface area (Å²) in [5.41, 5.74) is 0.790. The second-order valence-corrected chi connectivity index (χ2v) is 5.92. The molecule has 0 aliphatic carbocycles.